The van der Waals surface area contributed by atoms with E-state index < -0.39 is 23.5 Å². The third-order valence-corrected chi connectivity index (χ3v) is 4.88. The number of amides is 1. The number of halogens is 5. The fourth-order valence-electron chi connectivity index (χ4n) is 3.07. The molecule has 2 aromatic carbocycles. The minimum absolute atomic E-state index is 0.0584. The maximum Gasteiger partial charge on any atom is 0.416 e. The van der Waals surface area contributed by atoms with Gasteiger partial charge in [0.15, 0.2) is 5.82 Å². The summed E-state index contributed by atoms with van der Waals surface area (Å²) >= 11 is 5.88. The number of alkyl halides is 3. The number of rotatable bonds is 4. The van der Waals surface area contributed by atoms with Crippen LogP contribution in [-0.2, 0) is 15.7 Å². The molecule has 0 bridgehead atoms. The maximum absolute atomic E-state index is 13.7. The molecule has 1 fully saturated rings. The van der Waals surface area contributed by atoms with Crippen LogP contribution in [0.2, 0.25) is 5.02 Å². The van der Waals surface area contributed by atoms with E-state index in [1.165, 1.54) is 12.1 Å². The van der Waals surface area contributed by atoms with Crippen LogP contribution in [0.3, 0.4) is 0 Å². The Balaban J connectivity index is 1.62. The van der Waals surface area contributed by atoms with E-state index in [4.69, 9.17) is 16.3 Å². The third kappa shape index (κ3) is 5.17. The van der Waals surface area contributed by atoms with Gasteiger partial charge in [-0.15, -0.1) is 0 Å². The van der Waals surface area contributed by atoms with E-state index >= 15 is 0 Å². The lowest BCUT2D eigenvalue weighted by molar-refractivity contribution is -0.137. The molecule has 3 aromatic rings. The number of aromatic nitrogens is 2. The molecule has 4 rings (SSSR count). The Labute approximate surface area is 183 Å². The number of fused-ring (bicyclic) bond motifs is 1. The lowest BCUT2D eigenvalue weighted by Crippen LogP contribution is -2.30. The zero-order valence-electron chi connectivity index (χ0n) is 16.3. The van der Waals surface area contributed by atoms with Crippen molar-refractivity contribution in [2.45, 2.75) is 12.6 Å². The van der Waals surface area contributed by atoms with Crippen LogP contribution in [0.1, 0.15) is 12.0 Å². The summed E-state index contributed by atoms with van der Waals surface area (Å²) in [7, 11) is 0. The molecule has 0 spiro atoms. The minimum atomic E-state index is -4.50. The van der Waals surface area contributed by atoms with Gasteiger partial charge in [0.2, 0.25) is 11.9 Å². The second-order valence-corrected chi connectivity index (χ2v) is 7.64. The van der Waals surface area contributed by atoms with Gasteiger partial charge in [-0.3, -0.25) is 9.89 Å². The van der Waals surface area contributed by atoms with Crippen LogP contribution in [-0.4, -0.2) is 35.3 Å². The van der Waals surface area contributed by atoms with Crippen molar-refractivity contribution in [3.05, 3.63) is 52.8 Å². The second-order valence-electron chi connectivity index (χ2n) is 7.20. The monoisotopic (exact) mass is 469 g/mol. The highest BCUT2D eigenvalue weighted by Gasteiger charge is 2.31. The summed E-state index contributed by atoms with van der Waals surface area (Å²) in [4.78, 5) is 16.3. The molecule has 1 aliphatic rings. The van der Waals surface area contributed by atoms with Crippen LogP contribution in [0, 0.1) is 11.7 Å². The van der Waals surface area contributed by atoms with Crippen LogP contribution in [0.15, 0.2) is 41.4 Å². The van der Waals surface area contributed by atoms with Crippen molar-refractivity contribution in [2.24, 2.45) is 10.9 Å². The van der Waals surface area contributed by atoms with Crippen LogP contribution < -0.4 is 10.6 Å². The molecular formula is C20H16ClF4N5O2. The van der Waals surface area contributed by atoms with Crippen molar-refractivity contribution in [3.8, 4) is 0 Å². The Bertz CT molecular complexity index is 1170. The molecule has 0 unspecified atom stereocenters. The molecular weight excluding hydrogens is 454 g/mol. The van der Waals surface area contributed by atoms with Gasteiger partial charge in [-0.05, 0) is 36.4 Å². The van der Waals surface area contributed by atoms with Gasteiger partial charge >= 0.3 is 6.18 Å². The average Bonchev–Trinajstić information content (AvgIpc) is 3.05. The molecule has 1 aliphatic heterocycles. The smallest absolute Gasteiger partial charge is 0.381 e. The lowest BCUT2D eigenvalue weighted by Gasteiger charge is -2.24. The number of carbonyl (C=O) groups is 1. The number of hydrogen-bond acceptors (Lipinski definition) is 3. The fourth-order valence-corrected chi connectivity index (χ4v) is 3.29. The first-order chi connectivity index (χ1) is 15.2. The SMILES string of the molecule is O=C(CC1COC1)/N=C(/Nc1cc(F)cc(Cl)c1)Nc1n[nH]c2cc(C(F)(F)F)ccc12. The van der Waals surface area contributed by atoms with E-state index in [0.717, 1.165) is 24.3 Å². The Morgan fingerprint density at radius 2 is 2.00 bits per heavy atom. The Kier molecular flexibility index (Phi) is 6.02. The van der Waals surface area contributed by atoms with Gasteiger partial charge in [0.1, 0.15) is 5.82 Å². The maximum atomic E-state index is 13.7. The molecule has 0 radical (unpaired) electrons. The van der Waals surface area contributed by atoms with Crippen molar-refractivity contribution in [2.75, 3.05) is 23.8 Å². The molecule has 1 saturated heterocycles. The van der Waals surface area contributed by atoms with Gasteiger partial charge in [-0.25, -0.2) is 4.39 Å². The normalized spacial score (nSPS) is 15.0. The highest BCUT2D eigenvalue weighted by molar-refractivity contribution is 6.31. The Morgan fingerprint density at radius 1 is 1.22 bits per heavy atom. The first kappa shape index (κ1) is 22.0. The number of nitrogens with one attached hydrogen (secondary N) is 3. The fraction of sp³-hybridized carbons (Fsp3) is 0.250. The molecule has 32 heavy (non-hydrogen) atoms. The zero-order valence-corrected chi connectivity index (χ0v) is 17.0. The number of nitrogens with zero attached hydrogens (tertiary/aromatic N) is 2. The lowest BCUT2D eigenvalue weighted by atomic mass is 10.0. The van der Waals surface area contributed by atoms with Gasteiger partial charge in [0, 0.05) is 28.4 Å². The number of H-pyrrole nitrogens is 1. The molecule has 1 aromatic heterocycles. The highest BCUT2D eigenvalue weighted by Crippen LogP contribution is 2.32. The summed E-state index contributed by atoms with van der Waals surface area (Å²) in [5.74, 6) is -0.979. The van der Waals surface area contributed by atoms with Crippen molar-refractivity contribution in [3.63, 3.8) is 0 Å². The highest BCUT2D eigenvalue weighted by atomic mass is 35.5. The van der Waals surface area contributed by atoms with E-state index in [9.17, 15) is 22.4 Å². The molecule has 168 valence electrons. The number of aliphatic imine (C=N–C) groups is 1. The van der Waals surface area contributed by atoms with Crippen molar-refractivity contribution in [1.82, 2.24) is 10.2 Å². The van der Waals surface area contributed by atoms with Crippen LogP contribution in [0.25, 0.3) is 10.9 Å². The third-order valence-electron chi connectivity index (χ3n) is 4.66. The summed E-state index contributed by atoms with van der Waals surface area (Å²) in [6.45, 7) is 0.922. The molecule has 0 atom stereocenters. The molecule has 0 saturated carbocycles. The van der Waals surface area contributed by atoms with Gasteiger partial charge in [-0.2, -0.15) is 23.3 Å². The van der Waals surface area contributed by atoms with Crippen LogP contribution in [0.5, 0.6) is 0 Å². The predicted molar refractivity (Wildman–Crippen MR) is 111 cm³/mol. The van der Waals surface area contributed by atoms with Crippen molar-refractivity contribution >= 4 is 45.9 Å². The Morgan fingerprint density at radius 3 is 2.66 bits per heavy atom. The molecule has 0 aliphatic carbocycles. The number of guanidine groups is 1. The summed E-state index contributed by atoms with van der Waals surface area (Å²) in [5.41, 5.74) is -0.492. The van der Waals surface area contributed by atoms with Crippen LogP contribution >= 0.6 is 11.6 Å². The topological polar surface area (TPSA) is 91.4 Å². The summed E-state index contributed by atoms with van der Waals surface area (Å²) in [6.07, 6.45) is -4.36. The number of carbonyl (C=O) groups excluding carboxylic acids is 1. The molecule has 3 N–H and O–H groups in total. The largest absolute Gasteiger partial charge is 0.416 e. The van der Waals surface area contributed by atoms with E-state index in [1.807, 2.05) is 0 Å². The van der Waals surface area contributed by atoms with Gasteiger partial charge in [-0.1, -0.05) is 11.6 Å². The predicted octanol–water partition coefficient (Wildman–Crippen LogP) is 4.82. The van der Waals surface area contributed by atoms with E-state index in [-0.39, 0.29) is 40.3 Å². The average molecular weight is 470 g/mol. The zero-order chi connectivity index (χ0) is 22.9. The standard InChI is InChI=1S/C20H16ClF4N5O2/c21-12-5-13(22)7-14(6-12)26-19(27-17(31)3-10-8-32-9-10)28-18-15-2-1-11(20(23,24)25)4-16(15)29-30-18/h1-2,4-7,10H,3,8-9H2,(H3,26,27,28,29,30,31). The number of anilines is 2. The number of ether oxygens (including phenoxy) is 1. The second kappa shape index (κ2) is 8.75. The van der Waals surface area contributed by atoms with E-state index in [1.54, 1.807) is 0 Å². The van der Waals surface area contributed by atoms with E-state index in [2.05, 4.69) is 25.8 Å². The summed E-state index contributed by atoms with van der Waals surface area (Å²) < 4.78 is 57.6. The summed E-state index contributed by atoms with van der Waals surface area (Å²) in [5, 5.41) is 12.5. The minimum Gasteiger partial charge on any atom is -0.381 e. The first-order valence-electron chi connectivity index (χ1n) is 9.42. The summed E-state index contributed by atoms with van der Waals surface area (Å²) in [6, 6.07) is 6.76. The molecule has 2 heterocycles. The van der Waals surface area contributed by atoms with Gasteiger partial charge < -0.3 is 15.4 Å². The van der Waals surface area contributed by atoms with Gasteiger partial charge in [0.25, 0.3) is 0 Å². The molecule has 12 heteroatoms. The number of aromatic amines is 1. The Hall–Kier alpha value is -3.18. The van der Waals surface area contributed by atoms with E-state index in [0.29, 0.717) is 18.6 Å². The first-order valence-corrected chi connectivity index (χ1v) is 9.80. The van der Waals surface area contributed by atoms with Crippen molar-refractivity contribution in [1.29, 1.82) is 0 Å². The number of benzene rings is 2. The number of hydrogen-bond donors (Lipinski definition) is 3. The van der Waals surface area contributed by atoms with Gasteiger partial charge in [0.05, 0.1) is 24.3 Å². The molecule has 1 amide bonds. The van der Waals surface area contributed by atoms with Crippen molar-refractivity contribution < 1.29 is 27.1 Å². The quantitative estimate of drug-likeness (QED) is 0.289. The van der Waals surface area contributed by atoms with Crippen LogP contribution in [0.4, 0.5) is 29.1 Å². The molecule has 7 nitrogen and oxygen atoms in total.